The van der Waals surface area contributed by atoms with Crippen molar-refractivity contribution >= 4 is 5.97 Å². The van der Waals surface area contributed by atoms with Gasteiger partial charge >= 0.3 is 5.97 Å². The molecular formula is C24H31NO6. The van der Waals surface area contributed by atoms with Crippen molar-refractivity contribution in [3.63, 3.8) is 0 Å². The van der Waals surface area contributed by atoms with Crippen molar-refractivity contribution in [1.29, 1.82) is 0 Å². The van der Waals surface area contributed by atoms with E-state index in [4.69, 9.17) is 18.9 Å². The summed E-state index contributed by atoms with van der Waals surface area (Å²) < 4.78 is 22.2. The summed E-state index contributed by atoms with van der Waals surface area (Å²) in [6, 6.07) is 11.6. The van der Waals surface area contributed by atoms with Gasteiger partial charge in [0.15, 0.2) is 23.0 Å². The van der Waals surface area contributed by atoms with Crippen LogP contribution in [0.5, 0.6) is 23.0 Å². The third kappa shape index (κ3) is 5.05. The van der Waals surface area contributed by atoms with Crippen molar-refractivity contribution in [3.05, 3.63) is 47.5 Å². The molecule has 1 fully saturated rings. The van der Waals surface area contributed by atoms with Gasteiger partial charge in [-0.3, -0.25) is 9.69 Å². The Morgan fingerprint density at radius 1 is 1.00 bits per heavy atom. The van der Waals surface area contributed by atoms with Crippen molar-refractivity contribution in [2.24, 2.45) is 5.92 Å². The summed E-state index contributed by atoms with van der Waals surface area (Å²) in [5, 5.41) is 9.61. The smallest absolute Gasteiger partial charge is 0.307 e. The molecule has 0 amide bonds. The predicted octanol–water partition coefficient (Wildman–Crippen LogP) is 4.00. The van der Waals surface area contributed by atoms with Crippen molar-refractivity contribution in [2.75, 3.05) is 41.0 Å². The zero-order valence-corrected chi connectivity index (χ0v) is 18.6. The number of piperidine rings is 1. The maximum Gasteiger partial charge on any atom is 0.307 e. The molecule has 0 bridgehead atoms. The minimum Gasteiger partial charge on any atom is -0.493 e. The van der Waals surface area contributed by atoms with Crippen molar-refractivity contribution in [2.45, 2.75) is 25.8 Å². The molecule has 2 atom stereocenters. The van der Waals surface area contributed by atoms with E-state index in [0.29, 0.717) is 42.6 Å². The lowest BCUT2D eigenvalue weighted by molar-refractivity contribution is -0.143. The summed E-state index contributed by atoms with van der Waals surface area (Å²) in [5.74, 6) is 1.48. The van der Waals surface area contributed by atoms with E-state index < -0.39 is 5.97 Å². The molecule has 1 aliphatic rings. The Labute approximate surface area is 183 Å². The van der Waals surface area contributed by atoms with Crippen LogP contribution in [0.2, 0.25) is 0 Å². The number of carboxylic acid groups (broad SMARTS) is 1. The lowest BCUT2D eigenvalue weighted by Crippen LogP contribution is -2.41. The minimum atomic E-state index is -0.750. The van der Waals surface area contributed by atoms with Gasteiger partial charge in [-0.1, -0.05) is 12.1 Å². The van der Waals surface area contributed by atoms with Gasteiger partial charge in [-0.05, 0) is 61.7 Å². The van der Waals surface area contributed by atoms with Gasteiger partial charge < -0.3 is 24.1 Å². The first-order chi connectivity index (χ1) is 15.0. The van der Waals surface area contributed by atoms with Crippen LogP contribution in [0.15, 0.2) is 36.4 Å². The quantitative estimate of drug-likeness (QED) is 0.646. The summed E-state index contributed by atoms with van der Waals surface area (Å²) >= 11 is 0. The van der Waals surface area contributed by atoms with Gasteiger partial charge in [-0.2, -0.15) is 0 Å². The first-order valence-electron chi connectivity index (χ1n) is 10.5. The number of ether oxygens (including phenoxy) is 4. The Hall–Kier alpha value is -2.93. The van der Waals surface area contributed by atoms with Crippen LogP contribution in [0.4, 0.5) is 0 Å². The molecule has 0 aliphatic carbocycles. The van der Waals surface area contributed by atoms with Gasteiger partial charge in [0.25, 0.3) is 0 Å². The van der Waals surface area contributed by atoms with E-state index in [9.17, 15) is 9.90 Å². The Morgan fingerprint density at radius 3 is 2.13 bits per heavy atom. The van der Waals surface area contributed by atoms with Crippen LogP contribution in [0, 0.1) is 5.92 Å². The van der Waals surface area contributed by atoms with Crippen LogP contribution in [0.3, 0.4) is 0 Å². The molecule has 0 spiro atoms. The second kappa shape index (κ2) is 10.4. The number of hydrogen-bond donors (Lipinski definition) is 1. The van der Waals surface area contributed by atoms with Crippen LogP contribution in [0.1, 0.15) is 36.9 Å². The zero-order valence-electron chi connectivity index (χ0n) is 18.6. The molecule has 31 heavy (non-hydrogen) atoms. The molecule has 7 nitrogen and oxygen atoms in total. The zero-order chi connectivity index (χ0) is 22.4. The van der Waals surface area contributed by atoms with Crippen LogP contribution >= 0.6 is 0 Å². The maximum absolute atomic E-state index is 11.7. The average Bonchev–Trinajstić information content (AvgIpc) is 2.80. The van der Waals surface area contributed by atoms with Crippen molar-refractivity contribution in [1.82, 2.24) is 4.90 Å². The maximum atomic E-state index is 11.7. The predicted molar refractivity (Wildman–Crippen MR) is 117 cm³/mol. The molecule has 1 heterocycles. The van der Waals surface area contributed by atoms with Gasteiger partial charge in [0, 0.05) is 6.54 Å². The van der Waals surface area contributed by atoms with Crippen LogP contribution in [0.25, 0.3) is 0 Å². The normalized spacial score (nSPS) is 17.6. The van der Waals surface area contributed by atoms with Crippen LogP contribution < -0.4 is 18.9 Å². The lowest BCUT2D eigenvalue weighted by Gasteiger charge is -2.38. The fourth-order valence-corrected chi connectivity index (χ4v) is 4.21. The van der Waals surface area contributed by atoms with E-state index >= 15 is 0 Å². The van der Waals surface area contributed by atoms with E-state index in [-0.39, 0.29) is 12.0 Å². The third-order valence-electron chi connectivity index (χ3n) is 5.69. The Bertz CT molecular complexity index is 900. The summed E-state index contributed by atoms with van der Waals surface area (Å²) in [4.78, 5) is 13.9. The number of benzene rings is 2. The van der Waals surface area contributed by atoms with Gasteiger partial charge in [-0.25, -0.2) is 0 Å². The highest BCUT2D eigenvalue weighted by Gasteiger charge is 2.32. The first kappa shape index (κ1) is 22.7. The SMILES string of the molecule is CCOc1ccc(C(c2ccc(OC)c(OC)c2)N2CCCC(C(=O)O)C2)cc1OC. The number of hydrogen-bond acceptors (Lipinski definition) is 6. The lowest BCUT2D eigenvalue weighted by atomic mass is 9.91. The minimum absolute atomic E-state index is 0.161. The molecule has 0 saturated carbocycles. The second-order valence-corrected chi connectivity index (χ2v) is 7.53. The summed E-state index contributed by atoms with van der Waals surface area (Å²) in [5.41, 5.74) is 1.99. The van der Waals surface area contributed by atoms with Gasteiger partial charge in [-0.15, -0.1) is 0 Å². The average molecular weight is 430 g/mol. The molecule has 1 aliphatic heterocycles. The fraction of sp³-hybridized carbons (Fsp3) is 0.458. The summed E-state index contributed by atoms with van der Waals surface area (Å²) in [6.45, 7) is 3.75. The molecule has 1 N–H and O–H groups in total. The topological polar surface area (TPSA) is 77.5 Å². The molecule has 7 heteroatoms. The monoisotopic (exact) mass is 429 g/mol. The van der Waals surface area contributed by atoms with Gasteiger partial charge in [0.05, 0.1) is 39.9 Å². The van der Waals surface area contributed by atoms with E-state index in [1.807, 2.05) is 43.3 Å². The number of likely N-dealkylation sites (tertiary alicyclic amines) is 1. The Balaban J connectivity index is 2.08. The second-order valence-electron chi connectivity index (χ2n) is 7.53. The highest BCUT2D eigenvalue weighted by molar-refractivity contribution is 5.70. The van der Waals surface area contributed by atoms with Gasteiger partial charge in [0.2, 0.25) is 0 Å². The Kier molecular flexibility index (Phi) is 7.63. The fourth-order valence-electron chi connectivity index (χ4n) is 4.21. The van der Waals surface area contributed by atoms with E-state index in [1.54, 1.807) is 21.3 Å². The van der Waals surface area contributed by atoms with Gasteiger partial charge in [0.1, 0.15) is 0 Å². The van der Waals surface area contributed by atoms with E-state index in [0.717, 1.165) is 24.1 Å². The number of carboxylic acids is 1. The molecule has 3 rings (SSSR count). The molecule has 0 radical (unpaired) electrons. The summed E-state index contributed by atoms with van der Waals surface area (Å²) in [6.07, 6.45) is 1.52. The largest absolute Gasteiger partial charge is 0.493 e. The number of methoxy groups -OCH3 is 3. The number of aliphatic carboxylic acids is 1. The molecule has 2 aromatic carbocycles. The Morgan fingerprint density at radius 2 is 1.58 bits per heavy atom. The van der Waals surface area contributed by atoms with Crippen molar-refractivity contribution < 1.29 is 28.8 Å². The number of rotatable bonds is 9. The van der Waals surface area contributed by atoms with E-state index in [1.165, 1.54) is 0 Å². The molecular weight excluding hydrogens is 398 g/mol. The highest BCUT2D eigenvalue weighted by Crippen LogP contribution is 2.39. The molecule has 0 aromatic heterocycles. The third-order valence-corrected chi connectivity index (χ3v) is 5.69. The molecule has 2 aromatic rings. The molecule has 1 saturated heterocycles. The molecule has 2 unspecified atom stereocenters. The molecule has 168 valence electrons. The standard InChI is InChI=1S/C24H31NO6/c1-5-31-20-11-9-17(14-22(20)30-4)23(25-12-6-7-18(15-25)24(26)27)16-8-10-19(28-2)21(13-16)29-3/h8-11,13-14,18,23H,5-7,12,15H2,1-4H3,(H,26,27). The first-order valence-corrected chi connectivity index (χ1v) is 10.5. The highest BCUT2D eigenvalue weighted by atomic mass is 16.5. The summed E-state index contributed by atoms with van der Waals surface area (Å²) in [7, 11) is 4.83. The van der Waals surface area contributed by atoms with Crippen molar-refractivity contribution in [3.8, 4) is 23.0 Å². The van der Waals surface area contributed by atoms with Crippen LogP contribution in [-0.4, -0.2) is 57.0 Å². The van der Waals surface area contributed by atoms with E-state index in [2.05, 4.69) is 4.90 Å². The van der Waals surface area contributed by atoms with Crippen LogP contribution in [-0.2, 0) is 4.79 Å². The number of nitrogens with zero attached hydrogens (tertiary/aromatic N) is 1. The number of carbonyl (C=O) groups is 1.